The van der Waals surface area contributed by atoms with Crippen molar-refractivity contribution >= 4 is 19.3 Å². The summed E-state index contributed by atoms with van der Waals surface area (Å²) in [5.74, 6) is -1.14. The largest absolute Gasteiger partial charge is 0.459 e. The van der Waals surface area contributed by atoms with Crippen LogP contribution in [0.25, 0.3) is 0 Å². The van der Waals surface area contributed by atoms with Crippen molar-refractivity contribution in [3.63, 3.8) is 0 Å². The molecule has 33 heavy (non-hydrogen) atoms. The van der Waals surface area contributed by atoms with Crippen LogP contribution in [-0.2, 0) is 13.8 Å². The molecule has 1 N–H and O–H groups in total. The molecule has 15 heteroatoms. The quantitative estimate of drug-likeness (QED) is 0.440. The lowest BCUT2D eigenvalue weighted by molar-refractivity contribution is -0.131. The maximum atomic E-state index is 13.7. The first-order valence-corrected chi connectivity index (χ1v) is 11.6. The zero-order chi connectivity index (χ0) is 23.8. The van der Waals surface area contributed by atoms with Gasteiger partial charge in [0.05, 0.1) is 12.8 Å². The van der Waals surface area contributed by atoms with Gasteiger partial charge < -0.3 is 14.0 Å². The van der Waals surface area contributed by atoms with Crippen LogP contribution in [0.15, 0.2) is 35.3 Å². The molecular weight excluding hydrogens is 497 g/mol. The van der Waals surface area contributed by atoms with Crippen molar-refractivity contribution in [2.75, 3.05) is 13.2 Å². The predicted molar refractivity (Wildman–Crippen MR) is 106 cm³/mol. The van der Waals surface area contributed by atoms with Crippen LogP contribution in [-0.4, -0.2) is 41.1 Å². The number of benzene rings is 1. The van der Waals surface area contributed by atoms with Crippen LogP contribution in [0.2, 0.25) is 5.02 Å². The molecule has 1 aromatic heterocycles. The summed E-state index contributed by atoms with van der Waals surface area (Å²) in [6, 6.07) is 5.27. The maximum absolute atomic E-state index is 13.7. The molecule has 0 radical (unpaired) electrons. The second-order valence-electron chi connectivity index (χ2n) is 7.24. The number of halogens is 5. The predicted octanol–water partition coefficient (Wildman–Crippen LogP) is 3.83. The van der Waals surface area contributed by atoms with E-state index in [2.05, 4.69) is 4.98 Å². The van der Waals surface area contributed by atoms with E-state index in [4.69, 9.17) is 30.1 Å². The summed E-state index contributed by atoms with van der Waals surface area (Å²) in [6.45, 7) is -2.12. The molecule has 9 nitrogen and oxygen atoms in total. The molecule has 1 saturated heterocycles. The normalized spacial score (nSPS) is 23.8. The zero-order valence-electron chi connectivity index (χ0n) is 16.6. The number of hydrogen-bond donors (Lipinski definition) is 1. The Balaban J connectivity index is 1.50. The van der Waals surface area contributed by atoms with Crippen LogP contribution < -0.4 is 19.9 Å². The molecule has 2 aromatic rings. The fourth-order valence-electron chi connectivity index (χ4n) is 3.29. The van der Waals surface area contributed by atoms with E-state index in [1.165, 1.54) is 28.8 Å². The van der Waals surface area contributed by atoms with E-state index in [-0.39, 0.29) is 11.8 Å². The third-order valence-corrected chi connectivity index (χ3v) is 6.55. The van der Waals surface area contributed by atoms with E-state index < -0.39 is 56.9 Å². The summed E-state index contributed by atoms with van der Waals surface area (Å²) in [5.41, 5.74) is -1.10. The molecule has 4 heterocycles. The van der Waals surface area contributed by atoms with Gasteiger partial charge in [0.15, 0.2) is 0 Å². The van der Waals surface area contributed by atoms with Crippen molar-refractivity contribution in [1.82, 2.24) is 14.6 Å². The molecule has 2 bridgehead atoms. The highest BCUT2D eigenvalue weighted by Gasteiger charge is 2.42. The number of aromatic nitrogens is 2. The van der Waals surface area contributed by atoms with Gasteiger partial charge in [-0.15, -0.1) is 0 Å². The van der Waals surface area contributed by atoms with E-state index in [1.807, 2.05) is 0 Å². The zero-order valence-corrected chi connectivity index (χ0v) is 18.3. The van der Waals surface area contributed by atoms with Gasteiger partial charge in [0.2, 0.25) is 5.82 Å². The highest BCUT2D eigenvalue weighted by molar-refractivity contribution is 7.52. The molecule has 1 fully saturated rings. The van der Waals surface area contributed by atoms with E-state index in [1.54, 1.807) is 5.09 Å². The number of fused-ring (bicyclic) bond motifs is 2. The maximum Gasteiger partial charge on any atom is 0.459 e. The molecular formula is C18H17ClF4N3O6P. The lowest BCUT2D eigenvalue weighted by Gasteiger charge is -2.32. The summed E-state index contributed by atoms with van der Waals surface area (Å²) in [4.78, 5) is 15.1. The van der Waals surface area contributed by atoms with Gasteiger partial charge in [-0.3, -0.25) is 13.9 Å². The van der Waals surface area contributed by atoms with Gasteiger partial charge >= 0.3 is 25.5 Å². The molecule has 0 amide bonds. The Kier molecular flexibility index (Phi) is 6.70. The number of hydrogen-bond acceptors (Lipinski definition) is 7. The van der Waals surface area contributed by atoms with Gasteiger partial charge in [-0.05, 0) is 37.1 Å². The minimum absolute atomic E-state index is 0.0393. The molecule has 3 aliphatic heterocycles. The third-order valence-electron chi connectivity index (χ3n) is 4.81. The van der Waals surface area contributed by atoms with E-state index in [0.717, 1.165) is 6.20 Å². The van der Waals surface area contributed by atoms with Crippen molar-refractivity contribution < 1.29 is 40.6 Å². The van der Waals surface area contributed by atoms with Crippen molar-refractivity contribution in [1.29, 1.82) is 0 Å². The number of alkyl halides is 3. The minimum Gasteiger partial charge on any atom is -0.458 e. The van der Waals surface area contributed by atoms with Crippen LogP contribution in [0.1, 0.15) is 19.1 Å². The summed E-state index contributed by atoms with van der Waals surface area (Å²) in [5, 5.41) is 2.12. The third kappa shape index (κ3) is 5.85. The van der Waals surface area contributed by atoms with E-state index >= 15 is 0 Å². The van der Waals surface area contributed by atoms with E-state index in [0.29, 0.717) is 17.9 Å². The summed E-state index contributed by atoms with van der Waals surface area (Å²) >= 11 is 5.78. The molecule has 1 aromatic carbocycles. The molecule has 180 valence electrons. The highest BCUT2D eigenvalue weighted by atomic mass is 35.5. The summed E-state index contributed by atoms with van der Waals surface area (Å²) < 4.78 is 88.1. The second-order valence-corrected chi connectivity index (χ2v) is 9.42. The van der Waals surface area contributed by atoms with Gasteiger partial charge in [-0.2, -0.15) is 22.5 Å². The van der Waals surface area contributed by atoms with Gasteiger partial charge in [-0.25, -0.2) is 9.65 Å². The molecule has 0 aliphatic carbocycles. The SMILES string of the molecule is O=c1nc2n(cc1F)C1CCC(O2)C(COP(=O)(NCC(F)(F)F)Oc2ccc(Cl)cc2)O1. The van der Waals surface area contributed by atoms with Crippen molar-refractivity contribution in [3.05, 3.63) is 51.7 Å². The Morgan fingerprint density at radius 1 is 1.27 bits per heavy atom. The van der Waals surface area contributed by atoms with Crippen LogP contribution >= 0.6 is 19.3 Å². The average molecular weight is 514 g/mol. The van der Waals surface area contributed by atoms with Gasteiger partial charge in [0, 0.05) is 5.02 Å². The van der Waals surface area contributed by atoms with Crippen molar-refractivity contribution in [2.24, 2.45) is 0 Å². The van der Waals surface area contributed by atoms with Crippen LogP contribution in [0.4, 0.5) is 17.6 Å². The average Bonchev–Trinajstić information content (AvgIpc) is 3.00. The molecule has 0 saturated carbocycles. The Labute approximate surface area is 189 Å². The molecule has 5 rings (SSSR count). The Hall–Kier alpha value is -2.18. The topological polar surface area (TPSA) is 101 Å². The number of ether oxygens (including phenoxy) is 2. The number of nitrogens with one attached hydrogen (secondary N) is 1. The number of rotatable bonds is 7. The van der Waals surface area contributed by atoms with Crippen molar-refractivity contribution in [2.45, 2.75) is 37.5 Å². The van der Waals surface area contributed by atoms with Crippen LogP contribution in [0.3, 0.4) is 0 Å². The lowest BCUT2D eigenvalue weighted by Crippen LogP contribution is -2.41. The Morgan fingerprint density at radius 2 is 2.00 bits per heavy atom. The monoisotopic (exact) mass is 513 g/mol. The van der Waals surface area contributed by atoms with E-state index in [9.17, 15) is 26.9 Å². The van der Waals surface area contributed by atoms with Crippen LogP contribution in [0.5, 0.6) is 11.8 Å². The van der Waals surface area contributed by atoms with Crippen molar-refractivity contribution in [3.8, 4) is 11.8 Å². The summed E-state index contributed by atoms with van der Waals surface area (Å²) in [7, 11) is -4.53. The van der Waals surface area contributed by atoms with Crippen LogP contribution in [0, 0.1) is 5.82 Å². The smallest absolute Gasteiger partial charge is 0.458 e. The van der Waals surface area contributed by atoms with Gasteiger partial charge in [0.25, 0.3) is 0 Å². The minimum atomic E-state index is -4.69. The first-order valence-electron chi connectivity index (χ1n) is 9.64. The molecule has 4 atom stereocenters. The lowest BCUT2D eigenvalue weighted by atomic mass is 10.0. The molecule has 3 aliphatic rings. The Morgan fingerprint density at radius 3 is 2.70 bits per heavy atom. The second kappa shape index (κ2) is 9.22. The first kappa shape index (κ1) is 24.0. The number of nitrogens with zero attached hydrogens (tertiary/aromatic N) is 2. The van der Waals surface area contributed by atoms with Gasteiger partial charge in [0.1, 0.15) is 30.7 Å². The Bertz CT molecular complexity index is 1120. The molecule has 4 unspecified atom stereocenters. The first-order chi connectivity index (χ1) is 15.5. The summed E-state index contributed by atoms with van der Waals surface area (Å²) in [6.07, 6.45) is -5.43. The standard InChI is InChI=1S/C18H17ClF4N3O6P/c19-10-1-3-11(4-2-10)32-33(28,24-9-18(21,22)23)29-8-14-13-5-6-15(30-14)26-7-12(20)16(27)25-17(26)31-13/h1-4,7,13-15H,5-6,8-9H2,(H,24,28). The fraction of sp³-hybridized carbons (Fsp3) is 0.444. The fourth-order valence-corrected chi connectivity index (χ4v) is 4.74. The van der Waals surface area contributed by atoms with Gasteiger partial charge in [-0.1, -0.05) is 11.6 Å². The molecule has 0 spiro atoms. The highest BCUT2D eigenvalue weighted by Crippen LogP contribution is 2.46.